The highest BCUT2D eigenvalue weighted by molar-refractivity contribution is 5.69. The van der Waals surface area contributed by atoms with Crippen LogP contribution in [0.5, 0.6) is 0 Å². The van der Waals surface area contributed by atoms with Gasteiger partial charge in [-0.05, 0) is 18.8 Å². The maximum atomic E-state index is 10.6. The lowest BCUT2D eigenvalue weighted by molar-refractivity contribution is -0.136. The van der Waals surface area contributed by atoms with Crippen LogP contribution in [0.25, 0.3) is 0 Å². The number of nitrogens with zero attached hydrogens (tertiary/aromatic N) is 2. The third-order valence-electron chi connectivity index (χ3n) is 2.80. The first-order chi connectivity index (χ1) is 6.68. The molecule has 1 aliphatic rings. The number of carbonyl (C=O) groups is 1. The van der Waals surface area contributed by atoms with Gasteiger partial charge in [0.25, 0.3) is 0 Å². The Hall–Kier alpha value is -1.32. The molecule has 1 N–H and O–H groups in total. The summed E-state index contributed by atoms with van der Waals surface area (Å²) < 4.78 is 2.06. The van der Waals surface area contributed by atoms with Gasteiger partial charge in [0.05, 0.1) is 0 Å². The maximum Gasteiger partial charge on any atom is 0.311 e. The molecule has 0 aliphatic carbocycles. The standard InChI is InChI=1S/C10H14N2O2/c1-7-3-2-4-12-8(7)6-11-9(12)5-10(13)14/h6-7H,2-5H2,1H3,(H,13,14). The predicted molar refractivity (Wildman–Crippen MR) is 51.2 cm³/mol. The minimum atomic E-state index is -0.809. The minimum absolute atomic E-state index is 0.0344. The Morgan fingerprint density at radius 1 is 1.79 bits per heavy atom. The van der Waals surface area contributed by atoms with Gasteiger partial charge >= 0.3 is 5.97 Å². The van der Waals surface area contributed by atoms with Gasteiger partial charge in [-0.15, -0.1) is 0 Å². The zero-order valence-corrected chi connectivity index (χ0v) is 8.23. The van der Waals surface area contributed by atoms with Crippen molar-refractivity contribution in [2.45, 2.75) is 38.6 Å². The molecule has 0 radical (unpaired) electrons. The van der Waals surface area contributed by atoms with E-state index in [4.69, 9.17) is 5.11 Å². The highest BCUT2D eigenvalue weighted by Gasteiger charge is 2.20. The van der Waals surface area contributed by atoms with Gasteiger partial charge in [-0.2, -0.15) is 0 Å². The predicted octanol–water partition coefficient (Wildman–Crippen LogP) is 1.41. The average molecular weight is 194 g/mol. The van der Waals surface area contributed by atoms with Gasteiger partial charge in [-0.25, -0.2) is 4.98 Å². The number of carboxylic acids is 1. The second-order valence-electron chi connectivity index (χ2n) is 3.86. The Morgan fingerprint density at radius 3 is 3.29 bits per heavy atom. The molecule has 1 atom stereocenters. The quantitative estimate of drug-likeness (QED) is 0.774. The van der Waals surface area contributed by atoms with Crippen molar-refractivity contribution in [1.82, 2.24) is 9.55 Å². The number of hydrogen-bond acceptors (Lipinski definition) is 2. The first-order valence-electron chi connectivity index (χ1n) is 4.94. The van der Waals surface area contributed by atoms with E-state index in [2.05, 4.69) is 16.5 Å². The van der Waals surface area contributed by atoms with Gasteiger partial charge in [-0.1, -0.05) is 6.92 Å². The Bertz CT molecular complexity index is 357. The van der Waals surface area contributed by atoms with Crippen LogP contribution in [0.1, 0.15) is 37.2 Å². The molecule has 0 spiro atoms. The van der Waals surface area contributed by atoms with E-state index in [1.807, 2.05) is 6.20 Å². The van der Waals surface area contributed by atoms with Crippen LogP contribution in [0.2, 0.25) is 0 Å². The first kappa shape index (κ1) is 9.24. The molecule has 1 aromatic heterocycles. The summed E-state index contributed by atoms with van der Waals surface area (Å²) in [6.45, 7) is 3.08. The zero-order valence-electron chi connectivity index (χ0n) is 8.23. The fourth-order valence-electron chi connectivity index (χ4n) is 2.06. The first-order valence-corrected chi connectivity index (χ1v) is 4.94. The van der Waals surface area contributed by atoms with Crippen LogP contribution >= 0.6 is 0 Å². The molecule has 0 saturated carbocycles. The molecule has 76 valence electrons. The van der Waals surface area contributed by atoms with Crippen LogP contribution in [0.4, 0.5) is 0 Å². The third kappa shape index (κ3) is 1.52. The zero-order chi connectivity index (χ0) is 10.1. The summed E-state index contributed by atoms with van der Waals surface area (Å²) in [6.07, 6.45) is 4.16. The normalized spacial score (nSPS) is 20.5. The number of fused-ring (bicyclic) bond motifs is 1. The Balaban J connectivity index is 2.31. The highest BCUT2D eigenvalue weighted by atomic mass is 16.4. The van der Waals surface area contributed by atoms with Gasteiger partial charge < -0.3 is 9.67 Å². The Labute approximate surface area is 82.6 Å². The topological polar surface area (TPSA) is 55.1 Å². The molecule has 1 aliphatic heterocycles. The number of hydrogen-bond donors (Lipinski definition) is 1. The molecule has 1 unspecified atom stereocenters. The number of rotatable bonds is 2. The van der Waals surface area contributed by atoms with E-state index in [-0.39, 0.29) is 6.42 Å². The second kappa shape index (κ2) is 3.44. The summed E-state index contributed by atoms with van der Waals surface area (Å²) in [6, 6.07) is 0. The summed E-state index contributed by atoms with van der Waals surface area (Å²) in [4.78, 5) is 14.8. The summed E-state index contributed by atoms with van der Waals surface area (Å²) in [5.41, 5.74) is 1.19. The van der Waals surface area contributed by atoms with Crippen molar-refractivity contribution in [2.75, 3.05) is 0 Å². The summed E-state index contributed by atoms with van der Waals surface area (Å²) in [7, 11) is 0. The molecule has 4 nitrogen and oxygen atoms in total. The smallest absolute Gasteiger partial charge is 0.311 e. The lowest BCUT2D eigenvalue weighted by atomic mass is 9.99. The molecule has 0 fully saturated rings. The number of carboxylic acid groups (broad SMARTS) is 1. The van der Waals surface area contributed by atoms with Crippen LogP contribution in [0.15, 0.2) is 6.20 Å². The van der Waals surface area contributed by atoms with Gasteiger partial charge in [0.1, 0.15) is 12.2 Å². The van der Waals surface area contributed by atoms with Crippen LogP contribution < -0.4 is 0 Å². The Kier molecular flexibility index (Phi) is 2.27. The molecule has 0 bridgehead atoms. The van der Waals surface area contributed by atoms with Crippen LogP contribution in [-0.2, 0) is 17.8 Å². The van der Waals surface area contributed by atoms with E-state index < -0.39 is 5.97 Å². The van der Waals surface area contributed by atoms with Gasteiger partial charge in [0.15, 0.2) is 0 Å². The summed E-state index contributed by atoms with van der Waals surface area (Å²) >= 11 is 0. The molecular formula is C10H14N2O2. The minimum Gasteiger partial charge on any atom is -0.481 e. The van der Waals surface area contributed by atoms with Crippen molar-refractivity contribution in [1.29, 1.82) is 0 Å². The lowest BCUT2D eigenvalue weighted by Crippen LogP contribution is -2.17. The fraction of sp³-hybridized carbons (Fsp3) is 0.600. The molecule has 0 amide bonds. The molecule has 2 rings (SSSR count). The SMILES string of the molecule is CC1CCCn2c1cnc2CC(=O)O. The molecule has 1 aromatic rings. The van der Waals surface area contributed by atoms with E-state index in [1.165, 1.54) is 12.1 Å². The van der Waals surface area contributed by atoms with Crippen LogP contribution in [-0.4, -0.2) is 20.6 Å². The van der Waals surface area contributed by atoms with E-state index in [9.17, 15) is 4.79 Å². The third-order valence-corrected chi connectivity index (χ3v) is 2.80. The molecule has 0 aromatic carbocycles. The molecule has 0 saturated heterocycles. The lowest BCUT2D eigenvalue weighted by Gasteiger charge is -2.21. The van der Waals surface area contributed by atoms with Gasteiger partial charge in [0, 0.05) is 18.4 Å². The van der Waals surface area contributed by atoms with E-state index in [0.717, 1.165) is 13.0 Å². The summed E-state index contributed by atoms with van der Waals surface area (Å²) in [5.74, 6) is 0.398. The number of aliphatic carboxylic acids is 1. The molecule has 4 heteroatoms. The van der Waals surface area contributed by atoms with Crippen molar-refractivity contribution >= 4 is 5.97 Å². The monoisotopic (exact) mass is 194 g/mol. The average Bonchev–Trinajstić information content (AvgIpc) is 2.49. The van der Waals surface area contributed by atoms with Crippen molar-refractivity contribution in [3.05, 3.63) is 17.7 Å². The Morgan fingerprint density at radius 2 is 2.57 bits per heavy atom. The van der Waals surface area contributed by atoms with Crippen molar-refractivity contribution < 1.29 is 9.90 Å². The number of imidazole rings is 1. The molecular weight excluding hydrogens is 180 g/mol. The van der Waals surface area contributed by atoms with Crippen LogP contribution in [0.3, 0.4) is 0 Å². The summed E-state index contributed by atoms with van der Waals surface area (Å²) in [5, 5.41) is 8.70. The van der Waals surface area contributed by atoms with Crippen molar-refractivity contribution in [3.63, 3.8) is 0 Å². The van der Waals surface area contributed by atoms with E-state index >= 15 is 0 Å². The maximum absolute atomic E-state index is 10.6. The number of aromatic nitrogens is 2. The van der Waals surface area contributed by atoms with Crippen molar-refractivity contribution in [3.8, 4) is 0 Å². The second-order valence-corrected chi connectivity index (χ2v) is 3.86. The highest BCUT2D eigenvalue weighted by Crippen LogP contribution is 2.27. The van der Waals surface area contributed by atoms with Gasteiger partial charge in [0.2, 0.25) is 0 Å². The largest absolute Gasteiger partial charge is 0.481 e. The molecule has 14 heavy (non-hydrogen) atoms. The van der Waals surface area contributed by atoms with E-state index in [0.29, 0.717) is 11.7 Å². The van der Waals surface area contributed by atoms with Crippen molar-refractivity contribution in [2.24, 2.45) is 0 Å². The van der Waals surface area contributed by atoms with E-state index in [1.54, 1.807) is 0 Å². The van der Waals surface area contributed by atoms with Gasteiger partial charge in [-0.3, -0.25) is 4.79 Å². The molecule has 2 heterocycles. The fourth-order valence-corrected chi connectivity index (χ4v) is 2.06. The van der Waals surface area contributed by atoms with Crippen LogP contribution in [0, 0.1) is 0 Å².